The van der Waals surface area contributed by atoms with E-state index in [2.05, 4.69) is 6.92 Å². The quantitative estimate of drug-likeness (QED) is 0.559. The Morgan fingerprint density at radius 3 is 1.52 bits per heavy atom. The second-order valence-corrected chi connectivity index (χ2v) is 4.53. The van der Waals surface area contributed by atoms with E-state index in [9.17, 15) is 0 Å². The van der Waals surface area contributed by atoms with Gasteiger partial charge in [0.2, 0.25) is 6.08 Å². The highest BCUT2D eigenvalue weighted by molar-refractivity contribution is 5.26. The predicted octanol–water partition coefficient (Wildman–Crippen LogP) is 0.779. The first-order valence-electron chi connectivity index (χ1n) is 7.89. The third-order valence-corrected chi connectivity index (χ3v) is 2.83. The number of isocyanates is 1. The standard InChI is InChI=1S/C14H28O6.CHNO/c1-2-14-13-19-10-9-17-6-5-15-3-4-16-7-8-18-11-12-20-14;2-1-3/h14H,2-13H2,1H3;2H. The lowest BCUT2D eigenvalue weighted by Gasteiger charge is -2.16. The molecule has 0 aromatic carbocycles. The second kappa shape index (κ2) is 19.2. The normalized spacial score (nSPS) is 23.4. The van der Waals surface area contributed by atoms with Gasteiger partial charge < -0.3 is 28.4 Å². The van der Waals surface area contributed by atoms with Crippen LogP contribution in [0.3, 0.4) is 0 Å². The van der Waals surface area contributed by atoms with Crippen molar-refractivity contribution in [2.24, 2.45) is 0 Å². The van der Waals surface area contributed by atoms with Crippen molar-refractivity contribution < 1.29 is 33.2 Å². The summed E-state index contributed by atoms with van der Waals surface area (Å²) < 4.78 is 32.8. The molecule has 1 saturated heterocycles. The molecule has 0 aliphatic carbocycles. The summed E-state index contributed by atoms with van der Waals surface area (Å²) in [7, 11) is 0. The molecule has 8 nitrogen and oxygen atoms in total. The molecule has 23 heavy (non-hydrogen) atoms. The fourth-order valence-corrected chi connectivity index (χ4v) is 1.65. The van der Waals surface area contributed by atoms with Crippen LogP contribution in [0.5, 0.6) is 0 Å². The zero-order chi connectivity index (χ0) is 17.0. The van der Waals surface area contributed by atoms with Gasteiger partial charge in [-0.15, -0.1) is 0 Å². The minimum atomic E-state index is 0.122. The molecule has 0 spiro atoms. The summed E-state index contributed by atoms with van der Waals surface area (Å²) in [6.07, 6.45) is 1.80. The van der Waals surface area contributed by atoms with Gasteiger partial charge in [-0.2, -0.15) is 0 Å². The van der Waals surface area contributed by atoms with Gasteiger partial charge in [-0.05, 0) is 6.42 Å². The average molecular weight is 335 g/mol. The highest BCUT2D eigenvalue weighted by Crippen LogP contribution is 1.99. The van der Waals surface area contributed by atoms with Gasteiger partial charge in [-0.1, -0.05) is 6.92 Å². The highest BCUT2D eigenvalue weighted by Gasteiger charge is 2.06. The number of nitrogens with one attached hydrogen (secondary N) is 1. The molecule has 0 aromatic heterocycles. The van der Waals surface area contributed by atoms with Crippen molar-refractivity contribution in [3.63, 3.8) is 0 Å². The lowest BCUT2D eigenvalue weighted by atomic mass is 10.3. The zero-order valence-electron chi connectivity index (χ0n) is 13.9. The summed E-state index contributed by atoms with van der Waals surface area (Å²) in [5.74, 6) is 0. The lowest BCUT2D eigenvalue weighted by Crippen LogP contribution is -2.23. The van der Waals surface area contributed by atoms with E-state index in [4.69, 9.17) is 38.6 Å². The number of hydrogen-bond acceptors (Lipinski definition) is 8. The SMILES string of the molecule is CCC1COCCOCCOCCOCCOCCO1.N=C=O. The van der Waals surface area contributed by atoms with Crippen LogP contribution in [0.25, 0.3) is 0 Å². The van der Waals surface area contributed by atoms with Crippen molar-refractivity contribution in [1.29, 1.82) is 5.41 Å². The maximum Gasteiger partial charge on any atom is 0.231 e. The third kappa shape index (κ3) is 17.3. The van der Waals surface area contributed by atoms with Crippen molar-refractivity contribution in [2.75, 3.05) is 72.7 Å². The molecule has 1 aliphatic rings. The van der Waals surface area contributed by atoms with Gasteiger partial charge in [-0.3, -0.25) is 0 Å². The smallest absolute Gasteiger partial charge is 0.231 e. The largest absolute Gasteiger partial charge is 0.377 e. The van der Waals surface area contributed by atoms with Gasteiger partial charge in [0.1, 0.15) is 0 Å². The molecule has 1 atom stereocenters. The van der Waals surface area contributed by atoms with Gasteiger partial charge in [0.25, 0.3) is 0 Å². The Morgan fingerprint density at radius 1 is 0.783 bits per heavy atom. The van der Waals surface area contributed by atoms with Gasteiger partial charge >= 0.3 is 0 Å². The molecule has 136 valence electrons. The summed E-state index contributed by atoms with van der Waals surface area (Å²) in [4.78, 5) is 8.35. The molecule has 1 heterocycles. The summed E-state index contributed by atoms with van der Waals surface area (Å²) in [6, 6.07) is 0. The monoisotopic (exact) mass is 335 g/mol. The Morgan fingerprint density at radius 2 is 1.13 bits per heavy atom. The van der Waals surface area contributed by atoms with E-state index >= 15 is 0 Å². The Hall–Kier alpha value is -0.860. The molecule has 1 unspecified atom stereocenters. The molecule has 1 N–H and O–H groups in total. The number of hydrogen-bond donors (Lipinski definition) is 1. The van der Waals surface area contributed by atoms with E-state index < -0.39 is 0 Å². The summed E-state index contributed by atoms with van der Waals surface area (Å²) in [5.41, 5.74) is 0. The van der Waals surface area contributed by atoms with Gasteiger partial charge in [0, 0.05) is 0 Å². The summed E-state index contributed by atoms with van der Waals surface area (Å²) >= 11 is 0. The summed E-state index contributed by atoms with van der Waals surface area (Å²) in [6.45, 7) is 8.52. The predicted molar refractivity (Wildman–Crippen MR) is 82.5 cm³/mol. The van der Waals surface area contributed by atoms with Crippen molar-refractivity contribution >= 4 is 6.08 Å². The fraction of sp³-hybridized carbons (Fsp3) is 0.933. The van der Waals surface area contributed by atoms with E-state index in [0.717, 1.165) is 12.5 Å². The molecule has 1 aliphatic heterocycles. The van der Waals surface area contributed by atoms with E-state index in [-0.39, 0.29) is 6.10 Å². The Labute approximate surface area is 137 Å². The maximum atomic E-state index is 8.35. The fourth-order valence-electron chi connectivity index (χ4n) is 1.65. The van der Waals surface area contributed by atoms with Crippen molar-refractivity contribution in [1.82, 2.24) is 0 Å². The number of rotatable bonds is 1. The first-order chi connectivity index (χ1) is 11.3. The van der Waals surface area contributed by atoms with E-state index in [1.54, 1.807) is 0 Å². The first-order valence-corrected chi connectivity index (χ1v) is 7.89. The average Bonchev–Trinajstić information content (AvgIpc) is 2.55. The van der Waals surface area contributed by atoms with Crippen LogP contribution in [0.15, 0.2) is 0 Å². The molecule has 1 fully saturated rings. The molecule has 0 radical (unpaired) electrons. The molecule has 0 saturated carbocycles. The minimum absolute atomic E-state index is 0.122. The van der Waals surface area contributed by atoms with Crippen LogP contribution >= 0.6 is 0 Å². The second-order valence-electron chi connectivity index (χ2n) is 4.53. The maximum absolute atomic E-state index is 8.35. The zero-order valence-corrected chi connectivity index (χ0v) is 13.9. The van der Waals surface area contributed by atoms with E-state index in [1.807, 2.05) is 0 Å². The van der Waals surface area contributed by atoms with Crippen LogP contribution in [0, 0.1) is 5.41 Å². The van der Waals surface area contributed by atoms with Crippen LogP contribution in [-0.2, 0) is 33.2 Å². The number of carbonyl (C=O) groups excluding carboxylic acids is 1. The first kappa shape index (κ1) is 22.1. The van der Waals surface area contributed by atoms with Gasteiger partial charge in [0.15, 0.2) is 0 Å². The summed E-state index contributed by atoms with van der Waals surface area (Å²) in [5, 5.41) is 5.40. The Balaban J connectivity index is 0.00000149. The van der Waals surface area contributed by atoms with Crippen molar-refractivity contribution in [3.8, 4) is 0 Å². The van der Waals surface area contributed by atoms with Crippen molar-refractivity contribution in [3.05, 3.63) is 0 Å². The third-order valence-electron chi connectivity index (χ3n) is 2.83. The van der Waals surface area contributed by atoms with Gasteiger partial charge in [0.05, 0.1) is 78.8 Å². The highest BCUT2D eigenvalue weighted by atomic mass is 16.6. The van der Waals surface area contributed by atoms with Crippen LogP contribution in [0.1, 0.15) is 13.3 Å². The molecular weight excluding hydrogens is 306 g/mol. The molecular formula is C15H29NO7. The van der Waals surface area contributed by atoms with Crippen LogP contribution < -0.4 is 0 Å². The molecule has 8 heteroatoms. The molecule has 0 bridgehead atoms. The molecule has 1 rings (SSSR count). The van der Waals surface area contributed by atoms with E-state index in [0.29, 0.717) is 72.7 Å². The van der Waals surface area contributed by atoms with E-state index in [1.165, 1.54) is 0 Å². The minimum Gasteiger partial charge on any atom is -0.377 e. The number of ether oxygens (including phenoxy) is 6. The van der Waals surface area contributed by atoms with Crippen molar-refractivity contribution in [2.45, 2.75) is 19.4 Å². The lowest BCUT2D eigenvalue weighted by molar-refractivity contribution is -0.0610. The Kier molecular flexibility index (Phi) is 18.5. The van der Waals surface area contributed by atoms with Gasteiger partial charge in [-0.25, -0.2) is 10.2 Å². The Bertz CT molecular complexity index is 255. The van der Waals surface area contributed by atoms with Crippen LogP contribution in [-0.4, -0.2) is 84.9 Å². The molecule has 0 amide bonds. The van der Waals surface area contributed by atoms with Crippen LogP contribution in [0.2, 0.25) is 0 Å². The topological polar surface area (TPSA) is 96.3 Å². The molecule has 0 aromatic rings. The van der Waals surface area contributed by atoms with Crippen LogP contribution in [0.4, 0.5) is 0 Å².